The van der Waals surface area contributed by atoms with Crippen LogP contribution in [0.3, 0.4) is 0 Å². The Morgan fingerprint density at radius 3 is 2.33 bits per heavy atom. The third kappa shape index (κ3) is 2.69. The molecule has 0 aliphatic carbocycles. The third-order valence-electron chi connectivity index (χ3n) is 2.90. The first-order valence-corrected chi connectivity index (χ1v) is 6.20. The number of carbonyl (C=O) groups is 1. The quantitative estimate of drug-likeness (QED) is 0.507. The van der Waals surface area contributed by atoms with Gasteiger partial charge in [-0.3, -0.25) is 4.79 Å². The summed E-state index contributed by atoms with van der Waals surface area (Å²) < 4.78 is 5.18. The first-order valence-electron chi connectivity index (χ1n) is 6.20. The predicted octanol–water partition coefficient (Wildman–Crippen LogP) is 2.14. The van der Waals surface area contributed by atoms with Crippen molar-refractivity contribution in [3.05, 3.63) is 41.5 Å². The number of aromatic hydroxyl groups is 4. The zero-order chi connectivity index (χ0) is 15.6. The van der Waals surface area contributed by atoms with Crippen molar-refractivity contribution in [1.29, 1.82) is 0 Å². The molecule has 0 heterocycles. The summed E-state index contributed by atoms with van der Waals surface area (Å²) in [5.41, 5.74) is -0.00456. The zero-order valence-electron chi connectivity index (χ0n) is 11.2. The van der Waals surface area contributed by atoms with Gasteiger partial charge in [0.25, 0.3) is 0 Å². The molecule has 21 heavy (non-hydrogen) atoms. The van der Waals surface area contributed by atoms with Crippen LogP contribution >= 0.6 is 0 Å². The molecule has 6 heteroatoms. The van der Waals surface area contributed by atoms with Gasteiger partial charge >= 0.3 is 0 Å². The average Bonchev–Trinajstić information content (AvgIpc) is 2.47. The van der Waals surface area contributed by atoms with Crippen LogP contribution in [0.5, 0.6) is 28.7 Å². The molecule has 0 aromatic heterocycles. The van der Waals surface area contributed by atoms with Crippen molar-refractivity contribution in [3.63, 3.8) is 0 Å². The first-order chi connectivity index (χ1) is 9.95. The van der Waals surface area contributed by atoms with Crippen molar-refractivity contribution >= 4 is 5.78 Å². The maximum Gasteiger partial charge on any atom is 0.201 e. The smallest absolute Gasteiger partial charge is 0.201 e. The second-order valence-corrected chi connectivity index (χ2v) is 4.27. The molecule has 0 bridgehead atoms. The topological polar surface area (TPSA) is 107 Å². The Bertz CT molecular complexity index is 693. The molecule has 0 unspecified atom stereocenters. The summed E-state index contributed by atoms with van der Waals surface area (Å²) in [6, 6.07) is 6.30. The Balaban J connectivity index is 2.45. The van der Waals surface area contributed by atoms with E-state index in [0.29, 0.717) is 6.61 Å². The Hall–Kier alpha value is -2.89. The van der Waals surface area contributed by atoms with E-state index in [1.807, 2.05) is 0 Å². The van der Waals surface area contributed by atoms with Crippen molar-refractivity contribution in [3.8, 4) is 28.7 Å². The molecule has 0 fully saturated rings. The number of rotatable bonds is 4. The fourth-order valence-electron chi connectivity index (χ4n) is 1.83. The van der Waals surface area contributed by atoms with Gasteiger partial charge in [0.2, 0.25) is 5.75 Å². The minimum atomic E-state index is -0.760. The Kier molecular flexibility index (Phi) is 3.89. The Labute approximate surface area is 120 Å². The van der Waals surface area contributed by atoms with Gasteiger partial charge in [-0.15, -0.1) is 0 Å². The number of ether oxygens (including phenoxy) is 1. The standard InChI is InChI=1S/C15H14O6/c1-2-21-12-7-8(3-5-10(12)16)13(18)9-4-6-11(17)15(20)14(9)19/h3-7,16-17,19-20H,2H2,1H3. The number of hydrogen-bond donors (Lipinski definition) is 4. The Morgan fingerprint density at radius 1 is 1.00 bits per heavy atom. The molecule has 0 amide bonds. The fraction of sp³-hybridized carbons (Fsp3) is 0.133. The highest BCUT2D eigenvalue weighted by molar-refractivity contribution is 6.11. The van der Waals surface area contributed by atoms with E-state index in [1.165, 1.54) is 24.3 Å². The summed E-state index contributed by atoms with van der Waals surface area (Å²) >= 11 is 0. The van der Waals surface area contributed by atoms with Crippen molar-refractivity contribution in [2.45, 2.75) is 6.92 Å². The Morgan fingerprint density at radius 2 is 1.67 bits per heavy atom. The number of phenolic OH excluding ortho intramolecular Hbond substituents is 4. The number of phenols is 4. The van der Waals surface area contributed by atoms with Gasteiger partial charge in [0.1, 0.15) is 0 Å². The van der Waals surface area contributed by atoms with E-state index in [0.717, 1.165) is 6.07 Å². The summed E-state index contributed by atoms with van der Waals surface area (Å²) in [4.78, 5) is 12.3. The van der Waals surface area contributed by atoms with E-state index >= 15 is 0 Å². The molecule has 2 rings (SSSR count). The van der Waals surface area contributed by atoms with Crippen molar-refractivity contribution in [2.24, 2.45) is 0 Å². The molecule has 0 saturated carbocycles. The number of carbonyl (C=O) groups excluding carboxylic acids is 1. The van der Waals surface area contributed by atoms with Gasteiger partial charge in [0, 0.05) is 5.56 Å². The van der Waals surface area contributed by atoms with Crippen LogP contribution in [0.2, 0.25) is 0 Å². The van der Waals surface area contributed by atoms with Gasteiger partial charge in [-0.2, -0.15) is 0 Å². The molecule has 0 aliphatic rings. The van der Waals surface area contributed by atoms with Crippen LogP contribution in [0.25, 0.3) is 0 Å². The van der Waals surface area contributed by atoms with E-state index in [2.05, 4.69) is 0 Å². The van der Waals surface area contributed by atoms with Crippen LogP contribution in [0, 0.1) is 0 Å². The summed E-state index contributed by atoms with van der Waals surface area (Å²) in [5, 5.41) is 38.0. The molecule has 0 atom stereocenters. The maximum atomic E-state index is 12.3. The summed E-state index contributed by atoms with van der Waals surface area (Å²) in [6.45, 7) is 2.05. The number of hydrogen-bond acceptors (Lipinski definition) is 6. The monoisotopic (exact) mass is 290 g/mol. The molecular weight excluding hydrogens is 276 g/mol. The molecule has 110 valence electrons. The van der Waals surface area contributed by atoms with Gasteiger partial charge in [-0.25, -0.2) is 0 Å². The van der Waals surface area contributed by atoms with Crippen LogP contribution in [0.4, 0.5) is 0 Å². The highest BCUT2D eigenvalue weighted by Crippen LogP contribution is 2.38. The van der Waals surface area contributed by atoms with E-state index in [1.54, 1.807) is 6.92 Å². The van der Waals surface area contributed by atoms with Crippen molar-refractivity contribution < 1.29 is 30.0 Å². The second kappa shape index (κ2) is 5.62. The van der Waals surface area contributed by atoms with Crippen LogP contribution < -0.4 is 4.74 Å². The molecule has 0 radical (unpaired) electrons. The van der Waals surface area contributed by atoms with Gasteiger partial charge < -0.3 is 25.2 Å². The molecule has 2 aromatic carbocycles. The lowest BCUT2D eigenvalue weighted by Gasteiger charge is -2.09. The minimum absolute atomic E-state index is 0.105. The highest BCUT2D eigenvalue weighted by Gasteiger charge is 2.19. The number of ketones is 1. The summed E-state index contributed by atoms with van der Waals surface area (Å²) in [5.74, 6) is -2.53. The summed E-state index contributed by atoms with van der Waals surface area (Å²) in [7, 11) is 0. The van der Waals surface area contributed by atoms with Crippen molar-refractivity contribution in [2.75, 3.05) is 6.61 Å². The minimum Gasteiger partial charge on any atom is -0.504 e. The van der Waals surface area contributed by atoms with Gasteiger partial charge in [0.05, 0.1) is 12.2 Å². The lowest BCUT2D eigenvalue weighted by atomic mass is 10.0. The van der Waals surface area contributed by atoms with Crippen LogP contribution in [0.1, 0.15) is 22.8 Å². The fourth-order valence-corrected chi connectivity index (χ4v) is 1.83. The van der Waals surface area contributed by atoms with E-state index in [9.17, 15) is 25.2 Å². The van der Waals surface area contributed by atoms with E-state index in [-0.39, 0.29) is 22.6 Å². The van der Waals surface area contributed by atoms with Gasteiger partial charge in [0.15, 0.2) is 28.8 Å². The summed E-state index contributed by atoms with van der Waals surface area (Å²) in [6.07, 6.45) is 0. The second-order valence-electron chi connectivity index (χ2n) is 4.27. The zero-order valence-corrected chi connectivity index (χ0v) is 11.2. The molecule has 2 aromatic rings. The number of benzene rings is 2. The van der Waals surface area contributed by atoms with Crippen molar-refractivity contribution in [1.82, 2.24) is 0 Å². The highest BCUT2D eigenvalue weighted by atomic mass is 16.5. The lowest BCUT2D eigenvalue weighted by molar-refractivity contribution is 0.103. The average molecular weight is 290 g/mol. The van der Waals surface area contributed by atoms with Crippen LogP contribution in [-0.2, 0) is 0 Å². The van der Waals surface area contributed by atoms with Crippen LogP contribution in [-0.4, -0.2) is 32.8 Å². The molecule has 0 saturated heterocycles. The molecule has 0 spiro atoms. The normalized spacial score (nSPS) is 10.3. The van der Waals surface area contributed by atoms with Gasteiger partial charge in [-0.05, 0) is 37.3 Å². The SMILES string of the molecule is CCOc1cc(C(=O)c2ccc(O)c(O)c2O)ccc1O. The van der Waals surface area contributed by atoms with E-state index < -0.39 is 23.0 Å². The first kappa shape index (κ1) is 14.5. The molecule has 0 aliphatic heterocycles. The van der Waals surface area contributed by atoms with Gasteiger partial charge in [-0.1, -0.05) is 0 Å². The van der Waals surface area contributed by atoms with Crippen LogP contribution in [0.15, 0.2) is 30.3 Å². The van der Waals surface area contributed by atoms with E-state index in [4.69, 9.17) is 4.74 Å². The lowest BCUT2D eigenvalue weighted by Crippen LogP contribution is -2.03. The molecule has 6 nitrogen and oxygen atoms in total. The maximum absolute atomic E-state index is 12.3. The third-order valence-corrected chi connectivity index (χ3v) is 2.90. The molecule has 4 N–H and O–H groups in total. The largest absolute Gasteiger partial charge is 0.504 e. The predicted molar refractivity (Wildman–Crippen MR) is 74.1 cm³/mol. The molecular formula is C15H14O6.